The van der Waals surface area contributed by atoms with Crippen LogP contribution in [0.25, 0.3) is 0 Å². The summed E-state index contributed by atoms with van der Waals surface area (Å²) in [6.45, 7) is 4.21. The lowest BCUT2D eigenvalue weighted by Crippen LogP contribution is -1.94. The molecule has 0 aliphatic rings. The number of anilines is 1. The number of hydrogen-bond acceptors (Lipinski definition) is 1. The molecule has 1 heteroatoms. The van der Waals surface area contributed by atoms with Gasteiger partial charge in [0.25, 0.3) is 0 Å². The predicted octanol–water partition coefficient (Wildman–Crippen LogP) is 3.73. The van der Waals surface area contributed by atoms with Crippen molar-refractivity contribution in [2.45, 2.75) is 26.7 Å². The molecule has 0 unspecified atom stereocenters. The molecule has 2 aromatic carbocycles. The highest BCUT2D eigenvalue weighted by Crippen LogP contribution is 2.16. The molecule has 1 nitrogen and oxygen atoms in total. The van der Waals surface area contributed by atoms with Crippen molar-refractivity contribution in [1.82, 2.24) is 0 Å². The van der Waals surface area contributed by atoms with Gasteiger partial charge in [-0.05, 0) is 48.1 Å². The van der Waals surface area contributed by atoms with Gasteiger partial charge in [-0.15, -0.1) is 0 Å². The molecule has 2 rings (SSSR count). The van der Waals surface area contributed by atoms with E-state index in [1.807, 2.05) is 6.92 Å². The fourth-order valence-corrected chi connectivity index (χ4v) is 1.93. The van der Waals surface area contributed by atoms with E-state index in [1.54, 1.807) is 0 Å². The van der Waals surface area contributed by atoms with Gasteiger partial charge in [0.15, 0.2) is 0 Å². The van der Waals surface area contributed by atoms with Crippen molar-refractivity contribution in [1.29, 1.82) is 0 Å². The van der Waals surface area contributed by atoms with Gasteiger partial charge < -0.3 is 5.73 Å². The van der Waals surface area contributed by atoms with Crippen LogP contribution in [0.1, 0.15) is 29.2 Å². The van der Waals surface area contributed by atoms with E-state index in [0.29, 0.717) is 0 Å². The van der Waals surface area contributed by atoms with Crippen molar-refractivity contribution in [2.75, 3.05) is 5.73 Å². The third kappa shape index (κ3) is 2.88. The van der Waals surface area contributed by atoms with Gasteiger partial charge in [-0.25, -0.2) is 0 Å². The summed E-state index contributed by atoms with van der Waals surface area (Å²) in [6.07, 6.45) is 2.05. The van der Waals surface area contributed by atoms with Crippen LogP contribution >= 0.6 is 0 Å². The number of benzene rings is 2. The SMILES string of the molecule is CCc1ccc(Cc2ccc(C)c(N)c2)cc1. The lowest BCUT2D eigenvalue weighted by molar-refractivity contribution is 1.12. The lowest BCUT2D eigenvalue weighted by atomic mass is 10.0. The van der Waals surface area contributed by atoms with Crippen molar-refractivity contribution in [3.8, 4) is 0 Å². The van der Waals surface area contributed by atoms with Crippen LogP contribution in [0.15, 0.2) is 42.5 Å². The number of aryl methyl sites for hydroxylation is 2. The molecule has 0 aliphatic carbocycles. The number of rotatable bonds is 3. The van der Waals surface area contributed by atoms with Crippen molar-refractivity contribution < 1.29 is 0 Å². The van der Waals surface area contributed by atoms with Crippen LogP contribution in [-0.4, -0.2) is 0 Å². The molecule has 0 saturated carbocycles. The summed E-state index contributed by atoms with van der Waals surface area (Å²) in [5.41, 5.74) is 12.0. The topological polar surface area (TPSA) is 26.0 Å². The fraction of sp³-hybridized carbons (Fsp3) is 0.250. The Hall–Kier alpha value is -1.76. The average molecular weight is 225 g/mol. The average Bonchev–Trinajstić information content (AvgIpc) is 2.35. The Morgan fingerprint density at radius 1 is 0.882 bits per heavy atom. The monoisotopic (exact) mass is 225 g/mol. The third-order valence-electron chi connectivity index (χ3n) is 3.18. The van der Waals surface area contributed by atoms with E-state index < -0.39 is 0 Å². The van der Waals surface area contributed by atoms with Gasteiger partial charge in [-0.3, -0.25) is 0 Å². The number of nitrogen functional groups attached to an aromatic ring is 1. The first-order valence-corrected chi connectivity index (χ1v) is 6.12. The van der Waals surface area contributed by atoms with Crippen LogP contribution in [0.3, 0.4) is 0 Å². The smallest absolute Gasteiger partial charge is 0.0346 e. The molecule has 0 amide bonds. The summed E-state index contributed by atoms with van der Waals surface area (Å²) >= 11 is 0. The maximum atomic E-state index is 5.92. The second kappa shape index (κ2) is 5.05. The second-order valence-electron chi connectivity index (χ2n) is 4.54. The first-order valence-electron chi connectivity index (χ1n) is 6.12. The minimum Gasteiger partial charge on any atom is -0.399 e. The standard InChI is InChI=1S/C16H19N/c1-3-13-6-8-14(9-7-13)10-15-5-4-12(2)16(17)11-15/h4-9,11H,3,10,17H2,1-2H3. The van der Waals surface area contributed by atoms with Crippen LogP contribution in [0.5, 0.6) is 0 Å². The van der Waals surface area contributed by atoms with Gasteiger partial charge in [-0.2, -0.15) is 0 Å². The molecule has 0 spiro atoms. The Labute approximate surface area is 103 Å². The zero-order chi connectivity index (χ0) is 12.3. The Bertz CT molecular complexity index is 497. The van der Waals surface area contributed by atoms with Gasteiger partial charge >= 0.3 is 0 Å². The molecule has 0 fully saturated rings. The molecule has 0 radical (unpaired) electrons. The van der Waals surface area contributed by atoms with Gasteiger partial charge in [0.05, 0.1) is 0 Å². The first kappa shape index (κ1) is 11.7. The molecule has 2 N–H and O–H groups in total. The van der Waals surface area contributed by atoms with E-state index >= 15 is 0 Å². The van der Waals surface area contributed by atoms with Crippen molar-refractivity contribution in [3.63, 3.8) is 0 Å². The van der Waals surface area contributed by atoms with E-state index in [-0.39, 0.29) is 0 Å². The van der Waals surface area contributed by atoms with Crippen LogP contribution < -0.4 is 5.73 Å². The van der Waals surface area contributed by atoms with E-state index in [2.05, 4.69) is 49.4 Å². The molecule has 0 atom stereocenters. The van der Waals surface area contributed by atoms with Crippen molar-refractivity contribution in [2.24, 2.45) is 0 Å². The molecule has 0 heterocycles. The molecule has 0 aliphatic heterocycles. The normalized spacial score (nSPS) is 10.5. The molecule has 0 aromatic heterocycles. The minimum atomic E-state index is 0.882. The highest BCUT2D eigenvalue weighted by molar-refractivity contribution is 5.49. The highest BCUT2D eigenvalue weighted by atomic mass is 14.5. The van der Waals surface area contributed by atoms with E-state index in [9.17, 15) is 0 Å². The van der Waals surface area contributed by atoms with Crippen LogP contribution in [0.2, 0.25) is 0 Å². The second-order valence-corrected chi connectivity index (χ2v) is 4.54. The van der Waals surface area contributed by atoms with Crippen LogP contribution in [-0.2, 0) is 12.8 Å². The maximum Gasteiger partial charge on any atom is 0.0346 e. The summed E-state index contributed by atoms with van der Waals surface area (Å²) in [4.78, 5) is 0. The molecule has 17 heavy (non-hydrogen) atoms. The fourth-order valence-electron chi connectivity index (χ4n) is 1.93. The van der Waals surface area contributed by atoms with E-state index in [1.165, 1.54) is 16.7 Å². The summed E-state index contributed by atoms with van der Waals surface area (Å²) < 4.78 is 0. The maximum absolute atomic E-state index is 5.92. The summed E-state index contributed by atoms with van der Waals surface area (Å²) in [5.74, 6) is 0. The van der Waals surface area contributed by atoms with Crippen molar-refractivity contribution in [3.05, 3.63) is 64.7 Å². The quantitative estimate of drug-likeness (QED) is 0.791. The minimum absolute atomic E-state index is 0.882. The van der Waals surface area contributed by atoms with Crippen LogP contribution in [0, 0.1) is 6.92 Å². The molecule has 2 aromatic rings. The Kier molecular flexibility index (Phi) is 3.48. The van der Waals surface area contributed by atoms with Crippen LogP contribution in [0.4, 0.5) is 5.69 Å². The summed E-state index contributed by atoms with van der Waals surface area (Å²) in [5, 5.41) is 0. The summed E-state index contributed by atoms with van der Waals surface area (Å²) in [6, 6.07) is 15.1. The van der Waals surface area contributed by atoms with Gasteiger partial charge in [0, 0.05) is 5.69 Å². The van der Waals surface area contributed by atoms with E-state index in [4.69, 9.17) is 5.73 Å². The largest absolute Gasteiger partial charge is 0.399 e. The molecule has 0 bridgehead atoms. The number of nitrogens with two attached hydrogens (primary N) is 1. The zero-order valence-corrected chi connectivity index (χ0v) is 10.5. The zero-order valence-electron chi connectivity index (χ0n) is 10.5. The highest BCUT2D eigenvalue weighted by Gasteiger charge is 1.99. The van der Waals surface area contributed by atoms with Crippen molar-refractivity contribution >= 4 is 5.69 Å². The van der Waals surface area contributed by atoms with Gasteiger partial charge in [0.1, 0.15) is 0 Å². The predicted molar refractivity (Wildman–Crippen MR) is 74.2 cm³/mol. The van der Waals surface area contributed by atoms with Gasteiger partial charge in [-0.1, -0.05) is 43.3 Å². The molecule has 88 valence electrons. The molecule has 0 saturated heterocycles. The molecular formula is C16H19N. The van der Waals surface area contributed by atoms with E-state index in [0.717, 1.165) is 24.1 Å². The molecular weight excluding hydrogens is 206 g/mol. The third-order valence-corrected chi connectivity index (χ3v) is 3.18. The first-order chi connectivity index (χ1) is 8.19. The Morgan fingerprint density at radius 3 is 2.06 bits per heavy atom. The Balaban J connectivity index is 2.16. The lowest BCUT2D eigenvalue weighted by Gasteiger charge is -2.06. The number of hydrogen-bond donors (Lipinski definition) is 1. The summed E-state index contributed by atoms with van der Waals surface area (Å²) in [7, 11) is 0. The van der Waals surface area contributed by atoms with Gasteiger partial charge in [0.2, 0.25) is 0 Å². The Morgan fingerprint density at radius 2 is 1.47 bits per heavy atom.